The predicted octanol–water partition coefficient (Wildman–Crippen LogP) is -17.8. The van der Waals surface area contributed by atoms with Crippen molar-refractivity contribution in [2.24, 2.45) is 0 Å². The van der Waals surface area contributed by atoms with E-state index in [1.54, 1.807) is 0 Å². The Hall–Kier alpha value is -1.64. The van der Waals surface area contributed by atoms with Crippen LogP contribution in [0.3, 0.4) is 0 Å². The largest absolute Gasteiger partial charge is 0.394 e. The van der Waals surface area contributed by atoms with Crippen LogP contribution >= 0.6 is 0 Å². The zero-order chi connectivity index (χ0) is 66.2. The highest BCUT2D eigenvalue weighted by Crippen LogP contribution is 2.39. The number of aliphatic hydroxyl groups excluding tert-OH is 24. The van der Waals surface area contributed by atoms with E-state index in [1.807, 2.05) is 0 Å². The Labute approximate surface area is 514 Å². The Morgan fingerprint density at radius 3 is 0.670 bits per heavy atom. The summed E-state index contributed by atoms with van der Waals surface area (Å²) in [6.45, 7) is -8.34. The Kier molecular flexibility index (Phi) is 25.8. The Balaban J connectivity index is 0.991. The molecule has 25 N–H and O–H groups in total. The average molecular weight is 1340 g/mol. The molecule has 0 unspecified atom stereocenters. The van der Waals surface area contributed by atoms with Gasteiger partial charge in [-0.3, -0.25) is 0 Å². The fourth-order valence-electron chi connectivity index (χ4n) is 12.1. The topological polar surface area (TPSA) is 645 Å². The molecule has 22 saturated heterocycles. The van der Waals surface area contributed by atoms with Crippen LogP contribution in [-0.2, 0) is 75.8 Å². The monoisotopic (exact) mass is 1340 g/mol. The summed E-state index contributed by atoms with van der Waals surface area (Å²) >= 11 is 0. The zero-order valence-corrected chi connectivity index (χ0v) is 47.9. The molecular weight excluding hydrogens is 1250 g/mol. The van der Waals surface area contributed by atoms with Crippen molar-refractivity contribution in [1.29, 1.82) is 0 Å². The molecule has 41 heteroatoms. The van der Waals surface area contributed by atoms with Gasteiger partial charge in [-0.2, -0.15) is 0 Å². The molecule has 0 spiro atoms. The lowest BCUT2D eigenvalue weighted by Crippen LogP contribution is -2.68. The van der Waals surface area contributed by atoms with E-state index in [0.717, 1.165) is 0 Å². The zero-order valence-electron chi connectivity index (χ0n) is 47.9. The highest BCUT2D eigenvalue weighted by atomic mass is 16.8. The Morgan fingerprint density at radius 1 is 0.220 bits per heavy atom. The van der Waals surface area contributed by atoms with E-state index in [4.69, 9.17) is 75.8 Å². The van der Waals surface area contributed by atoms with E-state index >= 15 is 0 Å². The lowest BCUT2D eigenvalue weighted by atomic mass is 9.95. The second-order valence-electron chi connectivity index (χ2n) is 23.2. The molecule has 530 valence electrons. The Morgan fingerprint density at radius 2 is 0.440 bits per heavy atom. The molecule has 22 aliphatic heterocycles. The maximum absolute atomic E-state index is 11.8. The molecule has 0 radical (unpaired) electrons. The number of nitrogens with one attached hydrogen (secondary N) is 1. The first kappa shape index (κ1) is 73.6. The summed E-state index contributed by atoms with van der Waals surface area (Å²) in [7, 11) is 0. The van der Waals surface area contributed by atoms with Crippen LogP contribution in [0.4, 0.5) is 0 Å². The van der Waals surface area contributed by atoms with Gasteiger partial charge in [0.05, 0.1) is 52.9 Å². The quantitative estimate of drug-likeness (QED) is 0.0762. The molecule has 0 aromatic heterocycles. The van der Waals surface area contributed by atoms with E-state index in [-0.39, 0.29) is 13.2 Å². The maximum Gasteiger partial charge on any atom is 0.187 e. The Bertz CT molecular complexity index is 2190. The first-order valence-corrected chi connectivity index (χ1v) is 29.3. The summed E-state index contributed by atoms with van der Waals surface area (Å²) in [5, 5.41) is 267. The summed E-state index contributed by atoms with van der Waals surface area (Å²) in [4.78, 5) is 0. The molecule has 40 atom stereocenters. The van der Waals surface area contributed by atoms with E-state index in [0.29, 0.717) is 0 Å². The highest BCUT2D eigenvalue weighted by molar-refractivity contribution is 5.02. The minimum absolute atomic E-state index is 0.225. The fourth-order valence-corrected chi connectivity index (χ4v) is 12.1. The molecule has 41 nitrogen and oxygen atoms in total. The summed E-state index contributed by atoms with van der Waals surface area (Å²) in [5.74, 6) is 0. The second kappa shape index (κ2) is 31.9. The average Bonchev–Trinajstić information content (AvgIpc) is 0.800. The van der Waals surface area contributed by atoms with Gasteiger partial charge in [-0.1, -0.05) is 0 Å². The first-order chi connectivity index (χ1) is 43.4. The molecular formula is C50H85NO40. The third-order valence-electron chi connectivity index (χ3n) is 17.4. The molecule has 0 saturated carbocycles. The van der Waals surface area contributed by atoms with Crippen molar-refractivity contribution in [3.05, 3.63) is 0 Å². The highest BCUT2D eigenvalue weighted by Gasteiger charge is 2.60. The number of hydrogen-bond acceptors (Lipinski definition) is 41. The molecule has 22 rings (SSSR count). The number of aliphatic hydroxyl groups is 24. The van der Waals surface area contributed by atoms with Gasteiger partial charge in [0.25, 0.3) is 0 Å². The lowest BCUT2D eigenvalue weighted by molar-refractivity contribution is -0.396. The van der Waals surface area contributed by atoms with Gasteiger partial charge in [-0.25, -0.2) is 0 Å². The van der Waals surface area contributed by atoms with Gasteiger partial charge in [-0.15, -0.1) is 0 Å². The van der Waals surface area contributed by atoms with E-state index in [1.165, 1.54) is 0 Å². The van der Waals surface area contributed by atoms with Gasteiger partial charge in [0.1, 0.15) is 195 Å². The van der Waals surface area contributed by atoms with E-state index in [9.17, 15) is 123 Å². The molecule has 0 aromatic rings. The smallest absolute Gasteiger partial charge is 0.187 e. The van der Waals surface area contributed by atoms with Gasteiger partial charge in [0, 0.05) is 13.1 Å². The first-order valence-electron chi connectivity index (χ1n) is 29.3. The number of rotatable bonds is 13. The molecule has 22 fully saturated rings. The van der Waals surface area contributed by atoms with Crippen molar-refractivity contribution in [3.63, 3.8) is 0 Å². The molecule has 0 aromatic carbocycles. The summed E-state index contributed by atoms with van der Waals surface area (Å²) in [6, 6.07) is 0. The van der Waals surface area contributed by atoms with Crippen LogP contribution in [0.5, 0.6) is 0 Å². The molecule has 0 aliphatic carbocycles. The van der Waals surface area contributed by atoms with Crippen LogP contribution in [-0.4, -0.2) is 434 Å². The minimum atomic E-state index is -2.27. The molecule has 22 heterocycles. The van der Waals surface area contributed by atoms with E-state index in [2.05, 4.69) is 5.32 Å². The van der Waals surface area contributed by atoms with Crippen LogP contribution < -0.4 is 5.32 Å². The van der Waals surface area contributed by atoms with Crippen molar-refractivity contribution in [2.45, 2.75) is 246 Å². The van der Waals surface area contributed by atoms with Crippen LogP contribution in [0.15, 0.2) is 0 Å². The number of hydrogen-bond donors (Lipinski definition) is 25. The standard InChI is InChI=1S/C50H85NO40/c52-4-12-19(59)20(60)28(68)43(78-12)76-2-1-51-3-11-36-21(61)29(69)44(77-11)86-37-13(5-53)80-46(31(71)23(37)63)88-39-15(7-55)82-48(33(73)25(39)65)90-41-17(9-57)84-50(35(75)27(41)67)91-42-18(10-58)83-49(34(74)26(42)66)89-40-16(8-56)81-47(32(72)24(40)64)87-38-14(6-54)79-45(85-36)30(70)22(38)62/h11-75H,1-10H2/t11-,12-,13-,14-,15-,16-,17-,18-,19+,20+,21-,22-,23-,24-,25-,26-,27-,28-,29-,30-,31-,32-,33-,34-,35-,36-,37-,38-,39-,40-,41-,42-,43+,44-,45-,46-,47-,48-,49-,50-/m1/s1. The molecule has 22 aliphatic rings. The van der Waals surface area contributed by atoms with Gasteiger partial charge >= 0.3 is 0 Å². The summed E-state index contributed by atoms with van der Waals surface area (Å²) < 4.78 is 91.9. The fraction of sp³-hybridized carbons (Fsp3) is 1.00. The van der Waals surface area contributed by atoms with Crippen molar-refractivity contribution >= 4 is 0 Å². The van der Waals surface area contributed by atoms with Crippen LogP contribution in [0.1, 0.15) is 0 Å². The summed E-state index contributed by atoms with van der Waals surface area (Å²) in [5.41, 5.74) is 0. The third kappa shape index (κ3) is 15.2. The molecule has 0 amide bonds. The SMILES string of the molecule is OC[C@H]1O[C@H](OCCNC[C@H]2O[C@@H]3O[C@H]4[C@H](O)[C@@H](O)[C@@H](O[C@H]5[C@H](O)[C@@H](O)[C@@H](O[C@H]6[C@H](O)[C@@H](O)[C@@H](O[C@H]7[C@H](O)[C@@H](O)[C@@H](O[C@H]8[C@H](O)[C@@H](O)[C@@H](O[C@H]9[C@H](O)[C@@H](O)[C@@H](O[C@H]2[C@H](O)[C@H]3O)O[C@@H]9CO)O[C@@H]8CO)O[C@@H]7CO)O[C@@H]6CO)O[C@@H]5CO)O[C@@H]4CO)[C@H](O)[C@@H](O)[C@H]1O. The van der Waals surface area contributed by atoms with Gasteiger partial charge in [0.2, 0.25) is 0 Å². The predicted molar refractivity (Wildman–Crippen MR) is 274 cm³/mol. The second-order valence-corrected chi connectivity index (χ2v) is 23.2. The lowest BCUT2D eigenvalue weighted by Gasteiger charge is -2.50. The summed E-state index contributed by atoms with van der Waals surface area (Å²) in [6.07, 6.45) is -79.9. The van der Waals surface area contributed by atoms with Crippen LogP contribution in [0.2, 0.25) is 0 Å². The van der Waals surface area contributed by atoms with Crippen molar-refractivity contribution < 1.29 is 198 Å². The molecule has 14 bridgehead atoms. The van der Waals surface area contributed by atoms with Gasteiger partial charge < -0.3 is 204 Å². The van der Waals surface area contributed by atoms with Crippen molar-refractivity contribution in [2.75, 3.05) is 65.9 Å². The van der Waals surface area contributed by atoms with Gasteiger partial charge in [0.15, 0.2) is 50.3 Å². The van der Waals surface area contributed by atoms with Crippen LogP contribution in [0.25, 0.3) is 0 Å². The normalized spacial score (nSPS) is 53.8. The van der Waals surface area contributed by atoms with Crippen molar-refractivity contribution in [3.8, 4) is 0 Å². The maximum atomic E-state index is 11.8. The van der Waals surface area contributed by atoms with Gasteiger partial charge in [-0.05, 0) is 0 Å². The third-order valence-corrected chi connectivity index (χ3v) is 17.4. The van der Waals surface area contributed by atoms with E-state index < -0.39 is 298 Å². The molecule has 91 heavy (non-hydrogen) atoms. The number of ether oxygens (including phenoxy) is 16. The minimum Gasteiger partial charge on any atom is -0.394 e. The van der Waals surface area contributed by atoms with Crippen LogP contribution in [0, 0.1) is 0 Å². The van der Waals surface area contributed by atoms with Crippen molar-refractivity contribution in [1.82, 2.24) is 5.32 Å².